The van der Waals surface area contributed by atoms with Gasteiger partial charge < -0.3 is 25.4 Å². The number of nitrogens with zero attached hydrogens (tertiary/aromatic N) is 2. The molecule has 1 saturated heterocycles. The van der Waals surface area contributed by atoms with Gasteiger partial charge in [-0.1, -0.05) is 6.92 Å². The Kier molecular flexibility index (Phi) is 7.78. The van der Waals surface area contributed by atoms with E-state index in [4.69, 9.17) is 4.74 Å². The van der Waals surface area contributed by atoms with Crippen molar-refractivity contribution in [2.24, 2.45) is 10.9 Å². The monoisotopic (exact) mass is 340 g/mol. The summed E-state index contributed by atoms with van der Waals surface area (Å²) >= 11 is 0. The maximum atomic E-state index is 11.7. The number of hydrogen-bond acceptors (Lipinski definition) is 4. The Morgan fingerprint density at radius 1 is 1.38 bits per heavy atom. The average Bonchev–Trinajstić information content (AvgIpc) is 3.28. The molecule has 2 atom stereocenters. The van der Waals surface area contributed by atoms with Crippen molar-refractivity contribution in [3.8, 4) is 0 Å². The Morgan fingerprint density at radius 3 is 2.83 bits per heavy atom. The van der Waals surface area contributed by atoms with Gasteiger partial charge in [-0.15, -0.1) is 0 Å². The smallest absolute Gasteiger partial charge is 0.222 e. The molecule has 0 radical (unpaired) electrons. The molecule has 2 rings (SSSR count). The summed E-state index contributed by atoms with van der Waals surface area (Å²) in [6, 6.07) is 0.210. The third-order valence-corrected chi connectivity index (χ3v) is 4.35. The first-order valence-electron chi connectivity index (χ1n) is 9.20. The van der Waals surface area contributed by atoms with Gasteiger partial charge in [0.25, 0.3) is 0 Å². The number of nitrogens with one attached hydrogen (secondary N) is 2. The molecule has 1 amide bonds. The second kappa shape index (κ2) is 9.84. The van der Waals surface area contributed by atoms with Crippen LogP contribution in [0, 0.1) is 5.92 Å². The van der Waals surface area contributed by atoms with Crippen molar-refractivity contribution in [1.82, 2.24) is 15.5 Å². The van der Waals surface area contributed by atoms with E-state index in [0.29, 0.717) is 38.0 Å². The Bertz CT molecular complexity index is 426. The SMILES string of the molecule is CCNC(=NCC(O)COCC1CC1)NC1CCN(C(=O)CC)C1. The molecule has 0 aromatic rings. The van der Waals surface area contributed by atoms with Crippen LogP contribution >= 0.6 is 0 Å². The van der Waals surface area contributed by atoms with Crippen molar-refractivity contribution in [2.45, 2.75) is 51.7 Å². The van der Waals surface area contributed by atoms with Crippen molar-refractivity contribution in [3.05, 3.63) is 0 Å². The minimum Gasteiger partial charge on any atom is -0.389 e. The van der Waals surface area contributed by atoms with Gasteiger partial charge in [0.05, 0.1) is 19.3 Å². The van der Waals surface area contributed by atoms with Crippen LogP contribution in [0.5, 0.6) is 0 Å². The molecule has 0 bridgehead atoms. The molecule has 138 valence electrons. The van der Waals surface area contributed by atoms with E-state index in [2.05, 4.69) is 15.6 Å². The van der Waals surface area contributed by atoms with E-state index in [-0.39, 0.29) is 11.9 Å². The van der Waals surface area contributed by atoms with Crippen LogP contribution in [0.2, 0.25) is 0 Å². The predicted molar refractivity (Wildman–Crippen MR) is 93.9 cm³/mol. The molecule has 1 heterocycles. The quantitative estimate of drug-likeness (QED) is 0.416. The Labute approximate surface area is 144 Å². The maximum Gasteiger partial charge on any atom is 0.222 e. The van der Waals surface area contributed by atoms with Crippen LogP contribution in [0.3, 0.4) is 0 Å². The Hall–Kier alpha value is -1.34. The maximum absolute atomic E-state index is 11.7. The summed E-state index contributed by atoms with van der Waals surface area (Å²) in [6.07, 6.45) is 3.39. The first kappa shape index (κ1) is 19.0. The third kappa shape index (κ3) is 6.65. The fourth-order valence-electron chi connectivity index (χ4n) is 2.75. The van der Waals surface area contributed by atoms with Crippen LogP contribution in [0.4, 0.5) is 0 Å². The molecule has 0 aromatic carbocycles. The highest BCUT2D eigenvalue weighted by molar-refractivity contribution is 5.80. The second-order valence-corrected chi connectivity index (χ2v) is 6.68. The lowest BCUT2D eigenvalue weighted by Gasteiger charge is -2.19. The highest BCUT2D eigenvalue weighted by Crippen LogP contribution is 2.28. The molecule has 3 N–H and O–H groups in total. The van der Waals surface area contributed by atoms with E-state index < -0.39 is 6.10 Å². The van der Waals surface area contributed by atoms with Crippen LogP contribution in [-0.4, -0.2) is 73.4 Å². The summed E-state index contributed by atoms with van der Waals surface area (Å²) in [6.45, 7) is 7.56. The molecule has 0 spiro atoms. The zero-order chi connectivity index (χ0) is 17.4. The fraction of sp³-hybridized carbons (Fsp3) is 0.882. The molecular formula is C17H32N4O3. The van der Waals surface area contributed by atoms with Gasteiger partial charge in [0.1, 0.15) is 0 Å². The van der Waals surface area contributed by atoms with Crippen LogP contribution in [-0.2, 0) is 9.53 Å². The second-order valence-electron chi connectivity index (χ2n) is 6.68. The van der Waals surface area contributed by atoms with Gasteiger partial charge in [0, 0.05) is 38.7 Å². The number of hydrogen-bond donors (Lipinski definition) is 3. The first-order chi connectivity index (χ1) is 11.6. The van der Waals surface area contributed by atoms with Crippen LogP contribution < -0.4 is 10.6 Å². The van der Waals surface area contributed by atoms with E-state index in [1.54, 1.807) is 0 Å². The lowest BCUT2D eigenvalue weighted by Crippen LogP contribution is -2.45. The third-order valence-electron chi connectivity index (χ3n) is 4.35. The van der Waals surface area contributed by atoms with Gasteiger partial charge in [-0.3, -0.25) is 9.79 Å². The predicted octanol–water partition coefficient (Wildman–Crippen LogP) is 0.340. The number of likely N-dealkylation sites (tertiary alicyclic amines) is 1. The lowest BCUT2D eigenvalue weighted by atomic mass is 10.3. The number of aliphatic hydroxyl groups is 1. The largest absolute Gasteiger partial charge is 0.389 e. The summed E-state index contributed by atoms with van der Waals surface area (Å²) in [5, 5.41) is 16.5. The van der Waals surface area contributed by atoms with Gasteiger partial charge in [-0.05, 0) is 32.1 Å². The molecule has 1 aliphatic carbocycles. The van der Waals surface area contributed by atoms with Gasteiger partial charge >= 0.3 is 0 Å². The zero-order valence-corrected chi connectivity index (χ0v) is 15.0. The summed E-state index contributed by atoms with van der Waals surface area (Å²) < 4.78 is 5.49. The minimum atomic E-state index is -0.582. The van der Waals surface area contributed by atoms with Gasteiger partial charge in [-0.2, -0.15) is 0 Å². The molecule has 7 nitrogen and oxygen atoms in total. The summed E-state index contributed by atoms with van der Waals surface area (Å²) in [7, 11) is 0. The van der Waals surface area contributed by atoms with Crippen LogP contribution in [0.25, 0.3) is 0 Å². The van der Waals surface area contributed by atoms with Gasteiger partial charge in [0.15, 0.2) is 5.96 Å². The van der Waals surface area contributed by atoms with Crippen molar-refractivity contribution in [3.63, 3.8) is 0 Å². The topological polar surface area (TPSA) is 86.2 Å². The summed E-state index contributed by atoms with van der Waals surface area (Å²) in [4.78, 5) is 18.1. The van der Waals surface area contributed by atoms with Crippen LogP contribution in [0.1, 0.15) is 39.5 Å². The number of amides is 1. The number of carbonyl (C=O) groups excluding carboxylic acids is 1. The lowest BCUT2D eigenvalue weighted by molar-refractivity contribution is -0.129. The minimum absolute atomic E-state index is 0.199. The molecule has 2 fully saturated rings. The summed E-state index contributed by atoms with van der Waals surface area (Å²) in [5.74, 6) is 1.59. The van der Waals surface area contributed by atoms with Gasteiger partial charge in [0.2, 0.25) is 5.91 Å². The first-order valence-corrected chi connectivity index (χ1v) is 9.20. The van der Waals surface area contributed by atoms with Crippen molar-refractivity contribution in [2.75, 3.05) is 39.4 Å². The van der Waals surface area contributed by atoms with E-state index >= 15 is 0 Å². The van der Waals surface area contributed by atoms with Crippen molar-refractivity contribution in [1.29, 1.82) is 0 Å². The normalized spacial score (nSPS) is 22.5. The van der Waals surface area contributed by atoms with Crippen molar-refractivity contribution >= 4 is 11.9 Å². The highest BCUT2D eigenvalue weighted by atomic mass is 16.5. The van der Waals surface area contributed by atoms with E-state index in [1.807, 2.05) is 18.7 Å². The number of guanidine groups is 1. The number of aliphatic imine (C=N–C) groups is 1. The molecule has 1 saturated carbocycles. The highest BCUT2D eigenvalue weighted by Gasteiger charge is 2.26. The number of rotatable bonds is 9. The Morgan fingerprint density at radius 2 is 2.17 bits per heavy atom. The molecule has 2 aliphatic rings. The number of carbonyl (C=O) groups is 1. The molecule has 1 aliphatic heterocycles. The Balaban J connectivity index is 1.72. The molecule has 7 heteroatoms. The van der Waals surface area contributed by atoms with Crippen molar-refractivity contribution < 1.29 is 14.6 Å². The van der Waals surface area contributed by atoms with Gasteiger partial charge in [-0.25, -0.2) is 0 Å². The summed E-state index contributed by atoms with van der Waals surface area (Å²) in [5.41, 5.74) is 0. The fourth-order valence-corrected chi connectivity index (χ4v) is 2.75. The zero-order valence-electron chi connectivity index (χ0n) is 15.0. The van der Waals surface area contributed by atoms with E-state index in [1.165, 1.54) is 12.8 Å². The van der Waals surface area contributed by atoms with E-state index in [9.17, 15) is 9.90 Å². The standard InChI is InChI=1S/C17H32N4O3/c1-3-16(23)21-8-7-14(10-21)20-17(18-4-2)19-9-15(22)12-24-11-13-5-6-13/h13-15,22H,3-12H2,1-2H3,(H2,18,19,20). The molecule has 24 heavy (non-hydrogen) atoms. The van der Waals surface area contributed by atoms with Crippen LogP contribution in [0.15, 0.2) is 4.99 Å². The number of ether oxygens (including phenoxy) is 1. The molecular weight excluding hydrogens is 308 g/mol. The van der Waals surface area contributed by atoms with E-state index in [0.717, 1.165) is 26.1 Å². The molecule has 2 unspecified atom stereocenters. The average molecular weight is 340 g/mol. The number of aliphatic hydroxyl groups excluding tert-OH is 1. The molecule has 0 aromatic heterocycles.